The monoisotopic (exact) mass is 521 g/mol. The number of rotatable bonds is 7. The Bertz CT molecular complexity index is 1100. The van der Waals surface area contributed by atoms with E-state index in [2.05, 4.69) is 21.4 Å². The zero-order valence-electron chi connectivity index (χ0n) is 22.1. The van der Waals surface area contributed by atoms with Crippen molar-refractivity contribution in [1.29, 1.82) is 0 Å². The van der Waals surface area contributed by atoms with Crippen LogP contribution in [0.4, 0.5) is 0 Å². The van der Waals surface area contributed by atoms with Gasteiger partial charge in [-0.25, -0.2) is 0 Å². The van der Waals surface area contributed by atoms with Gasteiger partial charge in [0, 0.05) is 55.8 Å². The van der Waals surface area contributed by atoms with Gasteiger partial charge in [-0.05, 0) is 62.4 Å². The maximum atomic E-state index is 13.0. The number of amides is 3. The van der Waals surface area contributed by atoms with E-state index in [4.69, 9.17) is 9.84 Å². The van der Waals surface area contributed by atoms with Crippen LogP contribution < -0.4 is 10.1 Å². The first-order valence-corrected chi connectivity index (χ1v) is 14.5. The molecule has 3 amide bonds. The fourth-order valence-electron chi connectivity index (χ4n) is 6.87. The second-order valence-corrected chi connectivity index (χ2v) is 11.6. The number of hydrazone groups is 1. The van der Waals surface area contributed by atoms with Gasteiger partial charge in [0.25, 0.3) is 5.91 Å². The van der Waals surface area contributed by atoms with E-state index in [0.29, 0.717) is 43.1 Å². The number of likely N-dealkylation sites (tertiary alicyclic amines) is 1. The van der Waals surface area contributed by atoms with Crippen LogP contribution in [0.25, 0.3) is 0 Å². The van der Waals surface area contributed by atoms with E-state index in [-0.39, 0.29) is 24.1 Å². The van der Waals surface area contributed by atoms with Crippen LogP contribution in [-0.2, 0) is 16.1 Å². The summed E-state index contributed by atoms with van der Waals surface area (Å²) in [7, 11) is 0. The molecule has 1 aromatic carbocycles. The minimum atomic E-state index is -0.596. The third-order valence-corrected chi connectivity index (χ3v) is 9.00. The molecule has 204 valence electrons. The van der Waals surface area contributed by atoms with Gasteiger partial charge in [-0.1, -0.05) is 25.7 Å². The van der Waals surface area contributed by atoms with Crippen LogP contribution in [0, 0.1) is 5.92 Å². The number of benzene rings is 1. The minimum Gasteiger partial charge on any atom is -0.492 e. The molecule has 2 saturated heterocycles. The number of hydrogen-bond donors (Lipinski definition) is 1. The summed E-state index contributed by atoms with van der Waals surface area (Å²) < 4.78 is 6.29. The lowest BCUT2D eigenvalue weighted by Gasteiger charge is -2.37. The summed E-state index contributed by atoms with van der Waals surface area (Å²) in [5, 5.41) is 9.50. The lowest BCUT2D eigenvalue weighted by molar-refractivity contribution is -0.136. The van der Waals surface area contributed by atoms with E-state index in [1.165, 1.54) is 44.9 Å². The smallest absolute Gasteiger partial charge is 0.255 e. The van der Waals surface area contributed by atoms with Crippen molar-refractivity contribution in [3.63, 3.8) is 0 Å². The molecule has 6 rings (SSSR count). The van der Waals surface area contributed by atoms with Crippen molar-refractivity contribution in [2.24, 2.45) is 11.0 Å². The number of imide groups is 1. The number of hydrogen-bond acceptors (Lipinski definition) is 7. The Hall–Kier alpha value is -2.94. The average molecular weight is 522 g/mol. The van der Waals surface area contributed by atoms with Gasteiger partial charge in [-0.15, -0.1) is 0 Å². The van der Waals surface area contributed by atoms with Crippen LogP contribution in [-0.4, -0.2) is 83.1 Å². The second kappa shape index (κ2) is 11.0. The summed E-state index contributed by atoms with van der Waals surface area (Å²) in [5.74, 6) is 0.426. The van der Waals surface area contributed by atoms with Gasteiger partial charge in [0.2, 0.25) is 11.8 Å². The first kappa shape index (κ1) is 25.3. The maximum Gasteiger partial charge on any atom is 0.255 e. The number of piperidine rings is 2. The Kier molecular flexibility index (Phi) is 7.37. The molecule has 5 aliphatic rings. The van der Waals surface area contributed by atoms with E-state index >= 15 is 0 Å². The van der Waals surface area contributed by atoms with Crippen LogP contribution in [0.2, 0.25) is 0 Å². The van der Waals surface area contributed by atoms with E-state index in [9.17, 15) is 14.4 Å². The van der Waals surface area contributed by atoms with Crippen molar-refractivity contribution in [3.05, 3.63) is 29.3 Å². The first-order chi connectivity index (χ1) is 18.5. The second-order valence-electron chi connectivity index (χ2n) is 11.6. The van der Waals surface area contributed by atoms with Crippen LogP contribution in [0.15, 0.2) is 23.3 Å². The molecule has 3 atom stereocenters. The Morgan fingerprint density at radius 2 is 1.84 bits per heavy atom. The molecule has 3 fully saturated rings. The SMILES string of the molecule is O=C1CCC(N2Cc3cc(OC[C@@H]4CCCCN4CC4C=NN(C5CCCCC5)C4)ccc3C2=O)C(=O)N1. The average Bonchev–Trinajstić information content (AvgIpc) is 3.53. The quantitative estimate of drug-likeness (QED) is 0.555. The highest BCUT2D eigenvalue weighted by atomic mass is 16.5. The predicted molar refractivity (Wildman–Crippen MR) is 143 cm³/mol. The largest absolute Gasteiger partial charge is 0.492 e. The van der Waals surface area contributed by atoms with E-state index in [1.54, 1.807) is 4.90 Å². The third kappa shape index (κ3) is 5.30. The molecule has 0 spiro atoms. The molecule has 9 heteroatoms. The molecule has 9 nitrogen and oxygen atoms in total. The van der Waals surface area contributed by atoms with Gasteiger partial charge < -0.3 is 9.64 Å². The number of nitrogens with one attached hydrogen (secondary N) is 1. The molecule has 1 aliphatic carbocycles. The van der Waals surface area contributed by atoms with Gasteiger partial charge >= 0.3 is 0 Å². The lowest BCUT2D eigenvalue weighted by Crippen LogP contribution is -2.52. The van der Waals surface area contributed by atoms with Crippen molar-refractivity contribution in [1.82, 2.24) is 20.1 Å². The summed E-state index contributed by atoms with van der Waals surface area (Å²) in [6, 6.07) is 6.02. The van der Waals surface area contributed by atoms with Gasteiger partial charge in [-0.3, -0.25) is 29.6 Å². The fraction of sp³-hybridized carbons (Fsp3) is 0.655. The number of nitrogens with zero attached hydrogens (tertiary/aromatic N) is 4. The van der Waals surface area contributed by atoms with Gasteiger partial charge in [0.1, 0.15) is 18.4 Å². The molecule has 4 aliphatic heterocycles. The van der Waals surface area contributed by atoms with Crippen LogP contribution in [0.5, 0.6) is 5.75 Å². The Labute approximate surface area is 224 Å². The number of carbonyl (C=O) groups excluding carboxylic acids is 3. The molecule has 1 aromatic rings. The van der Waals surface area contributed by atoms with E-state index in [0.717, 1.165) is 37.4 Å². The summed E-state index contributed by atoms with van der Waals surface area (Å²) >= 11 is 0. The summed E-state index contributed by atoms with van der Waals surface area (Å²) in [5.41, 5.74) is 1.49. The normalized spacial score (nSPS) is 28.6. The van der Waals surface area contributed by atoms with E-state index in [1.807, 2.05) is 18.2 Å². The van der Waals surface area contributed by atoms with Crippen LogP contribution >= 0.6 is 0 Å². The summed E-state index contributed by atoms with van der Waals surface area (Å²) in [4.78, 5) is 41.0. The maximum absolute atomic E-state index is 13.0. The molecule has 2 unspecified atom stereocenters. The highest BCUT2D eigenvalue weighted by Crippen LogP contribution is 2.31. The summed E-state index contributed by atoms with van der Waals surface area (Å²) in [6.07, 6.45) is 13.0. The van der Waals surface area contributed by atoms with Gasteiger partial charge in [0.05, 0.1) is 0 Å². The molecular formula is C29H39N5O4. The highest BCUT2D eigenvalue weighted by molar-refractivity contribution is 6.05. The minimum absolute atomic E-state index is 0.153. The molecule has 1 saturated carbocycles. The molecule has 0 aromatic heterocycles. The molecule has 1 N–H and O–H groups in total. The zero-order chi connectivity index (χ0) is 26.1. The highest BCUT2D eigenvalue weighted by Gasteiger charge is 2.39. The zero-order valence-corrected chi connectivity index (χ0v) is 22.1. The first-order valence-electron chi connectivity index (χ1n) is 14.5. The fourth-order valence-corrected chi connectivity index (χ4v) is 6.87. The van der Waals surface area contributed by atoms with Crippen LogP contribution in [0.1, 0.15) is 80.1 Å². The standard InChI is InChI=1S/C29H39N5O4/c35-27-12-11-26(28(36)31-27)33-18-21-14-24(9-10-25(21)29(33)37)38-19-23-8-4-5-13-32(23)16-20-15-30-34(17-20)22-6-2-1-3-7-22/h9-10,14-15,20,22-23,26H,1-8,11-13,16-19H2,(H,31,35,36)/t20?,23-,26?/m0/s1. The topological polar surface area (TPSA) is 94.6 Å². The van der Waals surface area contributed by atoms with Gasteiger partial charge in [-0.2, -0.15) is 5.10 Å². The van der Waals surface area contributed by atoms with E-state index < -0.39 is 6.04 Å². The summed E-state index contributed by atoms with van der Waals surface area (Å²) in [6.45, 7) is 4.16. The lowest BCUT2D eigenvalue weighted by atomic mass is 9.94. The van der Waals surface area contributed by atoms with Gasteiger partial charge in [0.15, 0.2) is 0 Å². The van der Waals surface area contributed by atoms with Crippen molar-refractivity contribution < 1.29 is 19.1 Å². The Balaban J connectivity index is 1.04. The predicted octanol–water partition coefficient (Wildman–Crippen LogP) is 2.93. The molecule has 4 heterocycles. The Morgan fingerprint density at radius 1 is 1.00 bits per heavy atom. The van der Waals surface area contributed by atoms with Crippen molar-refractivity contribution in [2.45, 2.75) is 88.9 Å². The molecular weight excluding hydrogens is 482 g/mol. The Morgan fingerprint density at radius 3 is 2.68 bits per heavy atom. The van der Waals surface area contributed by atoms with Crippen molar-refractivity contribution in [3.8, 4) is 5.75 Å². The molecule has 0 bridgehead atoms. The van der Waals surface area contributed by atoms with Crippen molar-refractivity contribution in [2.75, 3.05) is 26.2 Å². The molecule has 38 heavy (non-hydrogen) atoms. The number of fused-ring (bicyclic) bond motifs is 1. The number of carbonyl (C=O) groups is 3. The van der Waals surface area contributed by atoms with Crippen molar-refractivity contribution >= 4 is 23.9 Å². The molecule has 0 radical (unpaired) electrons. The van der Waals surface area contributed by atoms with Crippen LogP contribution in [0.3, 0.4) is 0 Å². The third-order valence-electron chi connectivity index (χ3n) is 9.00. The number of ether oxygens (including phenoxy) is 1.